The zero-order valence-electron chi connectivity index (χ0n) is 26.6. The number of likely N-dealkylation sites (tertiary alicyclic amines) is 1. The number of nitrogens with zero attached hydrogens (tertiary/aromatic N) is 4. The third kappa shape index (κ3) is 6.84. The number of anilines is 1. The van der Waals surface area contributed by atoms with Gasteiger partial charge in [-0.25, -0.2) is 4.98 Å². The molecular formula is C33H45N5O5S. The lowest BCUT2D eigenvalue weighted by atomic mass is 9.91. The first-order valence-corrected chi connectivity index (χ1v) is 16.5. The van der Waals surface area contributed by atoms with Crippen molar-refractivity contribution in [3.05, 3.63) is 52.9 Å². The van der Waals surface area contributed by atoms with E-state index in [9.17, 15) is 9.59 Å². The quantitative estimate of drug-likeness (QED) is 0.277. The summed E-state index contributed by atoms with van der Waals surface area (Å²) in [6.07, 6.45) is 3.05. The second-order valence-corrected chi connectivity index (χ2v) is 13.1. The van der Waals surface area contributed by atoms with E-state index in [1.165, 1.54) is 0 Å². The molecule has 2 aromatic heterocycles. The number of carbonyl (C=O) groups is 2. The van der Waals surface area contributed by atoms with E-state index in [4.69, 9.17) is 14.0 Å². The van der Waals surface area contributed by atoms with Crippen LogP contribution in [0.1, 0.15) is 75.4 Å². The molecule has 0 aliphatic carbocycles. The third-order valence-corrected chi connectivity index (χ3v) is 10.1. The Morgan fingerprint density at radius 2 is 1.75 bits per heavy atom. The molecule has 2 aliphatic heterocycles. The number of aryl methyl sites for hydroxylation is 1. The zero-order valence-corrected chi connectivity index (χ0v) is 27.4. The Balaban J connectivity index is 1.22. The van der Waals surface area contributed by atoms with Gasteiger partial charge in [0.05, 0.1) is 22.1 Å². The summed E-state index contributed by atoms with van der Waals surface area (Å²) in [6, 6.07) is 9.43. The van der Waals surface area contributed by atoms with Gasteiger partial charge in [0, 0.05) is 45.8 Å². The largest absolute Gasteiger partial charge is 0.358 e. The van der Waals surface area contributed by atoms with Gasteiger partial charge in [-0.3, -0.25) is 9.59 Å². The summed E-state index contributed by atoms with van der Waals surface area (Å²) in [6.45, 7) is 10.2. The van der Waals surface area contributed by atoms with Gasteiger partial charge in [-0.1, -0.05) is 43.3 Å². The number of carbonyl (C=O) groups excluding carboxylic acids is 2. The van der Waals surface area contributed by atoms with Gasteiger partial charge in [0.15, 0.2) is 17.9 Å². The Morgan fingerprint density at radius 3 is 2.36 bits per heavy atom. The average Bonchev–Trinajstić information content (AvgIpc) is 3.80. The summed E-state index contributed by atoms with van der Waals surface area (Å²) in [5.41, 5.74) is 5.00. The molecule has 2 amide bonds. The predicted octanol–water partition coefficient (Wildman–Crippen LogP) is 5.55. The molecular weight excluding hydrogens is 578 g/mol. The highest BCUT2D eigenvalue weighted by Crippen LogP contribution is 2.34. The number of hydrogen-bond donors (Lipinski definition) is 1. The molecule has 0 bridgehead atoms. The van der Waals surface area contributed by atoms with Gasteiger partial charge < -0.3 is 29.1 Å². The lowest BCUT2D eigenvalue weighted by molar-refractivity contribution is -0.141. The van der Waals surface area contributed by atoms with Crippen LogP contribution in [0.5, 0.6) is 0 Å². The summed E-state index contributed by atoms with van der Waals surface area (Å²) in [5, 5.41) is 7.51. The maximum absolute atomic E-state index is 14.0. The molecule has 3 atom stereocenters. The van der Waals surface area contributed by atoms with Crippen LogP contribution in [0.15, 0.2) is 40.4 Å². The molecule has 11 heteroatoms. The summed E-state index contributed by atoms with van der Waals surface area (Å²) < 4.78 is 16.7. The maximum atomic E-state index is 14.0. The molecule has 10 nitrogen and oxygen atoms in total. The van der Waals surface area contributed by atoms with Crippen molar-refractivity contribution in [3.8, 4) is 10.4 Å². The highest BCUT2D eigenvalue weighted by atomic mass is 32.1. The zero-order chi connectivity index (χ0) is 31.4. The number of ether oxygens (including phenoxy) is 2. The van der Waals surface area contributed by atoms with Crippen molar-refractivity contribution in [1.82, 2.24) is 20.4 Å². The first-order valence-electron chi connectivity index (χ1n) is 15.6. The Kier molecular flexibility index (Phi) is 10.4. The number of hydrogen-bond acceptors (Lipinski definition) is 9. The fourth-order valence-electron chi connectivity index (χ4n) is 6.57. The van der Waals surface area contributed by atoms with Gasteiger partial charge >= 0.3 is 0 Å². The Morgan fingerprint density at radius 1 is 1.05 bits per heavy atom. The van der Waals surface area contributed by atoms with Crippen molar-refractivity contribution in [2.75, 3.05) is 38.8 Å². The summed E-state index contributed by atoms with van der Waals surface area (Å²) >= 11 is 1.62. The first kappa shape index (κ1) is 32.1. The number of rotatable bonds is 11. The molecule has 2 aliphatic rings. The van der Waals surface area contributed by atoms with Crippen LogP contribution in [0.4, 0.5) is 5.82 Å². The molecule has 0 radical (unpaired) electrons. The van der Waals surface area contributed by atoms with Crippen LogP contribution in [-0.2, 0) is 19.1 Å². The van der Waals surface area contributed by atoms with E-state index >= 15 is 0 Å². The van der Waals surface area contributed by atoms with Crippen molar-refractivity contribution in [2.24, 2.45) is 11.8 Å². The lowest BCUT2D eigenvalue weighted by Crippen LogP contribution is -2.48. The summed E-state index contributed by atoms with van der Waals surface area (Å²) in [7, 11) is 3.35. The number of aromatic nitrogens is 2. The van der Waals surface area contributed by atoms with Gasteiger partial charge in [-0.2, -0.15) is 0 Å². The van der Waals surface area contributed by atoms with E-state index in [2.05, 4.69) is 32.5 Å². The van der Waals surface area contributed by atoms with Crippen LogP contribution >= 0.6 is 11.3 Å². The van der Waals surface area contributed by atoms with E-state index in [0.29, 0.717) is 24.6 Å². The molecule has 238 valence electrons. The third-order valence-electron chi connectivity index (χ3n) is 9.08. The van der Waals surface area contributed by atoms with Crippen LogP contribution in [0.25, 0.3) is 10.4 Å². The molecule has 1 N–H and O–H groups in total. The topological polar surface area (TPSA) is 110 Å². The minimum Gasteiger partial charge on any atom is -0.358 e. The normalized spacial score (nSPS) is 19.1. The average molecular weight is 624 g/mol. The molecule has 0 spiro atoms. The minimum atomic E-state index is -0.520. The van der Waals surface area contributed by atoms with E-state index in [-0.39, 0.29) is 30.1 Å². The second kappa shape index (κ2) is 14.2. The molecule has 2 fully saturated rings. The predicted molar refractivity (Wildman–Crippen MR) is 170 cm³/mol. The molecule has 1 unspecified atom stereocenters. The van der Waals surface area contributed by atoms with Crippen molar-refractivity contribution in [2.45, 2.75) is 77.7 Å². The summed E-state index contributed by atoms with van der Waals surface area (Å²) in [4.78, 5) is 37.0. The van der Waals surface area contributed by atoms with Gasteiger partial charge in [-0.05, 0) is 56.6 Å². The molecule has 1 aromatic carbocycles. The Hall–Kier alpha value is -3.28. The molecule has 5 rings (SSSR count). The van der Waals surface area contributed by atoms with Crippen molar-refractivity contribution < 1.29 is 23.6 Å². The SMILES string of the molecule is COC(OC)C1CCN(c2cc(C(C(=O)N3CCC[C@H]3C(=O)N[C@@H](C)c3ccc(-c4scnc4C)cc3)C(C)C)on2)CC1. The lowest BCUT2D eigenvalue weighted by Gasteiger charge is -2.34. The van der Waals surface area contributed by atoms with Crippen molar-refractivity contribution >= 4 is 29.0 Å². The first-order chi connectivity index (χ1) is 21.2. The van der Waals surface area contributed by atoms with Crippen LogP contribution < -0.4 is 10.2 Å². The van der Waals surface area contributed by atoms with E-state index in [1.807, 2.05) is 51.4 Å². The molecule has 0 saturated carbocycles. The van der Waals surface area contributed by atoms with Crippen LogP contribution in [0.3, 0.4) is 0 Å². The van der Waals surface area contributed by atoms with E-state index < -0.39 is 12.0 Å². The maximum Gasteiger partial charge on any atom is 0.243 e. The highest BCUT2D eigenvalue weighted by Gasteiger charge is 2.40. The van der Waals surface area contributed by atoms with Gasteiger partial charge in [-0.15, -0.1) is 11.3 Å². The molecule has 44 heavy (non-hydrogen) atoms. The Bertz CT molecular complexity index is 1390. The molecule has 4 heterocycles. The number of thiazole rings is 1. The highest BCUT2D eigenvalue weighted by molar-refractivity contribution is 7.13. The number of amides is 2. The monoisotopic (exact) mass is 623 g/mol. The van der Waals surface area contributed by atoms with Gasteiger partial charge in [0.25, 0.3) is 0 Å². The van der Waals surface area contributed by atoms with Gasteiger partial charge in [0.1, 0.15) is 12.0 Å². The molecule has 3 aromatic rings. The minimum absolute atomic E-state index is 0.0258. The standard InChI is InChI=1S/C33H45N5O5S/c1-20(2)29(27-18-28(36-43-27)37-16-13-25(14-17-37)33(41-5)42-6)32(40)38-15-7-8-26(38)31(39)35-21(3)23-9-11-24(12-10-23)30-22(4)34-19-44-30/h9-12,18-21,25-26,29,33H,7-8,13-17H2,1-6H3,(H,35,39)/t21-,26-,29?/m0/s1. The Labute approximate surface area is 264 Å². The fourth-order valence-corrected chi connectivity index (χ4v) is 7.38. The van der Waals surface area contributed by atoms with E-state index in [1.54, 1.807) is 30.5 Å². The van der Waals surface area contributed by atoms with Crippen molar-refractivity contribution in [3.63, 3.8) is 0 Å². The second-order valence-electron chi connectivity index (χ2n) is 12.3. The molecule has 2 saturated heterocycles. The number of nitrogens with one attached hydrogen (secondary N) is 1. The van der Waals surface area contributed by atoms with Gasteiger partial charge in [0.2, 0.25) is 11.8 Å². The summed E-state index contributed by atoms with van der Waals surface area (Å²) in [5.74, 6) is 0.856. The number of piperidine rings is 1. The van der Waals surface area contributed by atoms with Crippen LogP contribution in [0.2, 0.25) is 0 Å². The smallest absolute Gasteiger partial charge is 0.243 e. The van der Waals surface area contributed by atoms with E-state index in [0.717, 1.165) is 59.9 Å². The number of methoxy groups -OCH3 is 2. The fraction of sp³-hybridized carbons (Fsp3) is 0.576. The van der Waals surface area contributed by atoms with Crippen molar-refractivity contribution in [1.29, 1.82) is 0 Å². The van der Waals surface area contributed by atoms with Crippen LogP contribution in [-0.4, -0.2) is 73.0 Å². The van der Waals surface area contributed by atoms with Crippen LogP contribution in [0, 0.1) is 18.8 Å². The number of benzene rings is 1.